The SMILES string of the molecule is CC(C)(C)c1ccc(C(=O)NC2CN3CCC2CC3)cc1. The molecule has 1 aromatic carbocycles. The fourth-order valence-corrected chi connectivity index (χ4v) is 3.50. The van der Waals surface area contributed by atoms with E-state index in [1.807, 2.05) is 12.1 Å². The third kappa shape index (κ3) is 3.13. The molecule has 3 heteroatoms. The Morgan fingerprint density at radius 2 is 1.76 bits per heavy atom. The van der Waals surface area contributed by atoms with Crippen LogP contribution in [0, 0.1) is 5.92 Å². The van der Waals surface area contributed by atoms with E-state index >= 15 is 0 Å². The normalized spacial score (nSPS) is 28.4. The van der Waals surface area contributed by atoms with Crippen molar-refractivity contribution in [2.75, 3.05) is 19.6 Å². The van der Waals surface area contributed by atoms with E-state index in [0.717, 1.165) is 12.1 Å². The van der Waals surface area contributed by atoms with Crippen LogP contribution in [0.4, 0.5) is 0 Å². The Kier molecular flexibility index (Phi) is 3.78. The number of hydrogen-bond acceptors (Lipinski definition) is 2. The molecular formula is C18H26N2O. The quantitative estimate of drug-likeness (QED) is 0.906. The zero-order valence-electron chi connectivity index (χ0n) is 13.4. The molecule has 0 aliphatic carbocycles. The zero-order valence-corrected chi connectivity index (χ0v) is 13.4. The number of piperidine rings is 3. The predicted octanol–water partition coefficient (Wildman–Crippen LogP) is 2.81. The number of carbonyl (C=O) groups excluding carboxylic acids is 1. The molecule has 1 amide bonds. The Morgan fingerprint density at radius 3 is 2.24 bits per heavy atom. The van der Waals surface area contributed by atoms with Crippen LogP contribution in [0.2, 0.25) is 0 Å². The van der Waals surface area contributed by atoms with Crippen molar-refractivity contribution in [3.8, 4) is 0 Å². The van der Waals surface area contributed by atoms with Gasteiger partial charge in [-0.3, -0.25) is 4.79 Å². The van der Waals surface area contributed by atoms with Crippen LogP contribution in [-0.4, -0.2) is 36.5 Å². The van der Waals surface area contributed by atoms with Crippen LogP contribution in [0.1, 0.15) is 49.5 Å². The second kappa shape index (κ2) is 5.45. The third-order valence-corrected chi connectivity index (χ3v) is 4.99. The lowest BCUT2D eigenvalue weighted by molar-refractivity contribution is 0.0620. The van der Waals surface area contributed by atoms with Gasteiger partial charge in [0.2, 0.25) is 0 Å². The largest absolute Gasteiger partial charge is 0.348 e. The minimum absolute atomic E-state index is 0.0780. The van der Waals surface area contributed by atoms with Gasteiger partial charge in [-0.2, -0.15) is 0 Å². The monoisotopic (exact) mass is 286 g/mol. The Hall–Kier alpha value is -1.35. The Morgan fingerprint density at radius 1 is 1.14 bits per heavy atom. The zero-order chi connectivity index (χ0) is 15.0. The van der Waals surface area contributed by atoms with E-state index in [1.54, 1.807) is 0 Å². The molecule has 0 saturated carbocycles. The summed E-state index contributed by atoms with van der Waals surface area (Å²) in [4.78, 5) is 14.9. The minimum Gasteiger partial charge on any atom is -0.348 e. The van der Waals surface area contributed by atoms with Crippen molar-refractivity contribution in [2.45, 2.75) is 45.1 Å². The van der Waals surface area contributed by atoms with Crippen LogP contribution in [0.15, 0.2) is 24.3 Å². The molecular weight excluding hydrogens is 260 g/mol. The molecule has 3 aliphatic rings. The summed E-state index contributed by atoms with van der Waals surface area (Å²) in [5.74, 6) is 0.752. The van der Waals surface area contributed by atoms with E-state index in [2.05, 4.69) is 43.1 Å². The summed E-state index contributed by atoms with van der Waals surface area (Å²) in [6.45, 7) is 10.0. The second-order valence-corrected chi connectivity index (χ2v) is 7.55. The van der Waals surface area contributed by atoms with Gasteiger partial charge in [-0.25, -0.2) is 0 Å². The number of rotatable bonds is 2. The van der Waals surface area contributed by atoms with E-state index in [4.69, 9.17) is 0 Å². The molecule has 3 heterocycles. The molecule has 1 N–H and O–H groups in total. The van der Waals surface area contributed by atoms with Gasteiger partial charge < -0.3 is 10.2 Å². The van der Waals surface area contributed by atoms with Crippen molar-refractivity contribution < 1.29 is 4.79 Å². The maximum absolute atomic E-state index is 12.4. The van der Waals surface area contributed by atoms with Crippen molar-refractivity contribution >= 4 is 5.91 Å². The first-order chi connectivity index (χ1) is 9.93. The summed E-state index contributed by atoms with van der Waals surface area (Å²) < 4.78 is 0. The van der Waals surface area contributed by atoms with E-state index < -0.39 is 0 Å². The summed E-state index contributed by atoms with van der Waals surface area (Å²) in [5.41, 5.74) is 2.17. The van der Waals surface area contributed by atoms with Crippen LogP contribution >= 0.6 is 0 Å². The summed E-state index contributed by atoms with van der Waals surface area (Å²) in [5, 5.41) is 3.24. The molecule has 3 fully saturated rings. The number of amides is 1. The molecule has 21 heavy (non-hydrogen) atoms. The van der Waals surface area contributed by atoms with Gasteiger partial charge in [0.05, 0.1) is 0 Å². The number of hydrogen-bond donors (Lipinski definition) is 1. The maximum atomic E-state index is 12.4. The molecule has 1 aromatic rings. The molecule has 3 saturated heterocycles. The van der Waals surface area contributed by atoms with Crippen LogP contribution < -0.4 is 5.32 Å². The Labute approximate surface area is 127 Å². The van der Waals surface area contributed by atoms with Crippen LogP contribution in [0.25, 0.3) is 0 Å². The lowest BCUT2D eigenvalue weighted by atomic mass is 9.84. The molecule has 0 spiro atoms. The highest BCUT2D eigenvalue weighted by atomic mass is 16.1. The maximum Gasteiger partial charge on any atom is 0.251 e. The van der Waals surface area contributed by atoms with Crippen LogP contribution in [0.5, 0.6) is 0 Å². The highest BCUT2D eigenvalue weighted by molar-refractivity contribution is 5.94. The van der Waals surface area contributed by atoms with Gasteiger partial charge in [0.15, 0.2) is 0 Å². The van der Waals surface area contributed by atoms with Crippen molar-refractivity contribution in [1.29, 1.82) is 0 Å². The fraction of sp³-hybridized carbons (Fsp3) is 0.611. The summed E-state index contributed by atoms with van der Waals surface area (Å²) in [7, 11) is 0. The van der Waals surface area contributed by atoms with E-state index in [0.29, 0.717) is 12.0 Å². The average Bonchev–Trinajstić information content (AvgIpc) is 2.48. The molecule has 0 radical (unpaired) electrons. The van der Waals surface area contributed by atoms with Gasteiger partial charge >= 0.3 is 0 Å². The van der Waals surface area contributed by atoms with Gasteiger partial charge in [-0.1, -0.05) is 32.9 Å². The lowest BCUT2D eigenvalue weighted by Gasteiger charge is -2.44. The fourth-order valence-electron chi connectivity index (χ4n) is 3.50. The Bertz CT molecular complexity index is 507. The number of nitrogens with zero attached hydrogens (tertiary/aromatic N) is 1. The summed E-state index contributed by atoms with van der Waals surface area (Å²) >= 11 is 0. The highest BCUT2D eigenvalue weighted by Crippen LogP contribution is 2.28. The molecule has 2 bridgehead atoms. The van der Waals surface area contributed by atoms with Crippen molar-refractivity contribution in [1.82, 2.24) is 10.2 Å². The number of carbonyl (C=O) groups is 1. The van der Waals surface area contributed by atoms with Gasteiger partial charge in [0.1, 0.15) is 0 Å². The number of benzene rings is 1. The topological polar surface area (TPSA) is 32.3 Å². The smallest absolute Gasteiger partial charge is 0.251 e. The second-order valence-electron chi connectivity index (χ2n) is 7.55. The standard InChI is InChI=1S/C18H26N2O/c1-18(2,3)15-6-4-14(5-7-15)17(21)19-16-12-20-10-8-13(16)9-11-20/h4-7,13,16H,8-12H2,1-3H3,(H,19,21). The molecule has 114 valence electrons. The molecule has 1 atom stereocenters. The molecule has 3 nitrogen and oxygen atoms in total. The van der Waals surface area contributed by atoms with Crippen LogP contribution in [0.3, 0.4) is 0 Å². The summed E-state index contributed by atoms with van der Waals surface area (Å²) in [6.07, 6.45) is 2.46. The molecule has 0 aromatic heterocycles. The first kappa shape index (κ1) is 14.6. The summed E-state index contributed by atoms with van der Waals surface area (Å²) in [6, 6.07) is 8.40. The van der Waals surface area contributed by atoms with E-state index in [9.17, 15) is 4.79 Å². The molecule has 3 aliphatic heterocycles. The van der Waals surface area contributed by atoms with Gasteiger partial charge in [-0.15, -0.1) is 0 Å². The first-order valence-electron chi connectivity index (χ1n) is 8.07. The van der Waals surface area contributed by atoms with Gasteiger partial charge in [0, 0.05) is 18.2 Å². The van der Waals surface area contributed by atoms with Crippen molar-refractivity contribution in [3.05, 3.63) is 35.4 Å². The Balaban J connectivity index is 1.65. The lowest BCUT2D eigenvalue weighted by Crippen LogP contribution is -2.57. The van der Waals surface area contributed by atoms with E-state index in [-0.39, 0.29) is 11.3 Å². The van der Waals surface area contributed by atoms with Gasteiger partial charge in [0.25, 0.3) is 5.91 Å². The first-order valence-corrected chi connectivity index (χ1v) is 8.07. The predicted molar refractivity (Wildman–Crippen MR) is 85.6 cm³/mol. The van der Waals surface area contributed by atoms with Gasteiger partial charge in [-0.05, 0) is 55.0 Å². The third-order valence-electron chi connectivity index (χ3n) is 4.99. The number of nitrogens with one attached hydrogen (secondary N) is 1. The number of fused-ring (bicyclic) bond motifs is 3. The molecule has 1 unspecified atom stereocenters. The minimum atomic E-state index is 0.0780. The van der Waals surface area contributed by atoms with Crippen molar-refractivity contribution in [3.63, 3.8) is 0 Å². The van der Waals surface area contributed by atoms with E-state index in [1.165, 1.54) is 31.5 Å². The molecule has 4 rings (SSSR count). The van der Waals surface area contributed by atoms with Crippen LogP contribution in [-0.2, 0) is 5.41 Å². The highest BCUT2D eigenvalue weighted by Gasteiger charge is 2.34. The average molecular weight is 286 g/mol. The van der Waals surface area contributed by atoms with Crippen molar-refractivity contribution in [2.24, 2.45) is 5.92 Å².